The predicted molar refractivity (Wildman–Crippen MR) is 56.4 cm³/mol. The maximum atomic E-state index is 10.6. The van der Waals surface area contributed by atoms with Gasteiger partial charge in [-0.1, -0.05) is 0 Å². The van der Waals surface area contributed by atoms with Crippen LogP contribution in [0.1, 0.15) is 32.6 Å². The molecule has 0 aromatic rings. The van der Waals surface area contributed by atoms with Crippen LogP contribution < -0.4 is 0 Å². The first-order valence-corrected chi connectivity index (χ1v) is 5.58. The van der Waals surface area contributed by atoms with Crippen molar-refractivity contribution >= 4 is 5.78 Å². The number of carbonyl (C=O) groups excluding carboxylic acids is 1. The van der Waals surface area contributed by atoms with Gasteiger partial charge in [0.15, 0.2) is 0 Å². The van der Waals surface area contributed by atoms with E-state index < -0.39 is 0 Å². The molecule has 0 amide bonds. The Balaban J connectivity index is 1.82. The normalized spacial score (nSPS) is 17.5. The largest absolute Gasteiger partial charge is 0.381 e. The Bertz CT molecular complexity index is 165. The van der Waals surface area contributed by atoms with E-state index in [0.29, 0.717) is 13.0 Å². The fourth-order valence-electron chi connectivity index (χ4n) is 1.71. The third-order valence-electron chi connectivity index (χ3n) is 2.56. The Hall–Kier alpha value is -0.410. The lowest BCUT2D eigenvalue weighted by Crippen LogP contribution is -2.21. The van der Waals surface area contributed by atoms with Crippen molar-refractivity contribution < 1.29 is 9.53 Å². The fraction of sp³-hybridized carbons (Fsp3) is 0.909. The van der Waals surface area contributed by atoms with E-state index in [-0.39, 0.29) is 5.78 Å². The minimum Gasteiger partial charge on any atom is -0.381 e. The number of hydrogen-bond donors (Lipinski definition) is 0. The summed E-state index contributed by atoms with van der Waals surface area (Å²) < 4.78 is 5.36. The van der Waals surface area contributed by atoms with Gasteiger partial charge < -0.3 is 9.64 Å². The molecule has 1 aliphatic rings. The van der Waals surface area contributed by atoms with Gasteiger partial charge in [-0.05, 0) is 39.3 Å². The first-order valence-electron chi connectivity index (χ1n) is 5.58. The van der Waals surface area contributed by atoms with Crippen molar-refractivity contribution in [3.8, 4) is 0 Å². The van der Waals surface area contributed by atoms with Crippen LogP contribution in [-0.2, 0) is 9.53 Å². The average molecular weight is 199 g/mol. The summed E-state index contributed by atoms with van der Waals surface area (Å²) in [6.07, 6.45) is 4.36. The Labute approximate surface area is 86.4 Å². The van der Waals surface area contributed by atoms with E-state index in [1.165, 1.54) is 25.9 Å². The molecule has 1 saturated heterocycles. The SMILES string of the molecule is CC(=O)CCOCCCN1CCCC1. The van der Waals surface area contributed by atoms with Crippen LogP contribution in [0.3, 0.4) is 0 Å². The second kappa shape index (κ2) is 6.96. The van der Waals surface area contributed by atoms with Crippen LogP contribution in [-0.4, -0.2) is 43.5 Å². The van der Waals surface area contributed by atoms with Crippen molar-refractivity contribution in [3.05, 3.63) is 0 Å². The molecule has 0 bridgehead atoms. The smallest absolute Gasteiger partial charge is 0.132 e. The molecule has 14 heavy (non-hydrogen) atoms. The molecule has 0 saturated carbocycles. The Morgan fingerprint density at radius 1 is 1.29 bits per heavy atom. The maximum Gasteiger partial charge on any atom is 0.132 e. The van der Waals surface area contributed by atoms with Gasteiger partial charge >= 0.3 is 0 Å². The predicted octanol–water partition coefficient (Wildman–Crippen LogP) is 1.47. The summed E-state index contributed by atoms with van der Waals surface area (Å²) >= 11 is 0. The monoisotopic (exact) mass is 199 g/mol. The van der Waals surface area contributed by atoms with Gasteiger partial charge in [0.05, 0.1) is 6.61 Å². The van der Waals surface area contributed by atoms with Crippen molar-refractivity contribution in [1.82, 2.24) is 4.90 Å². The maximum absolute atomic E-state index is 10.6. The minimum absolute atomic E-state index is 0.213. The Morgan fingerprint density at radius 2 is 2.00 bits per heavy atom. The number of likely N-dealkylation sites (tertiary alicyclic amines) is 1. The molecule has 1 rings (SSSR count). The van der Waals surface area contributed by atoms with Gasteiger partial charge in [0, 0.05) is 19.6 Å². The highest BCUT2D eigenvalue weighted by Gasteiger charge is 2.09. The number of carbonyl (C=O) groups is 1. The summed E-state index contributed by atoms with van der Waals surface area (Å²) in [6.45, 7) is 6.66. The van der Waals surface area contributed by atoms with Crippen LogP contribution in [0.25, 0.3) is 0 Å². The average Bonchev–Trinajstić information content (AvgIpc) is 2.63. The van der Waals surface area contributed by atoms with E-state index >= 15 is 0 Å². The molecule has 0 aromatic heterocycles. The molecule has 0 spiro atoms. The highest BCUT2D eigenvalue weighted by Crippen LogP contribution is 2.07. The first kappa shape index (κ1) is 11.7. The number of Topliss-reactive ketones (excluding diaryl/α,β-unsaturated/α-hetero) is 1. The third kappa shape index (κ3) is 5.35. The van der Waals surface area contributed by atoms with Gasteiger partial charge in [0.2, 0.25) is 0 Å². The lowest BCUT2D eigenvalue weighted by Gasteiger charge is -2.13. The highest BCUT2D eigenvalue weighted by atomic mass is 16.5. The van der Waals surface area contributed by atoms with E-state index in [2.05, 4.69) is 4.90 Å². The van der Waals surface area contributed by atoms with Crippen molar-refractivity contribution in [1.29, 1.82) is 0 Å². The second-order valence-electron chi connectivity index (χ2n) is 3.97. The van der Waals surface area contributed by atoms with Crippen molar-refractivity contribution in [2.75, 3.05) is 32.8 Å². The Morgan fingerprint density at radius 3 is 2.64 bits per heavy atom. The summed E-state index contributed by atoms with van der Waals surface area (Å²) in [5, 5.41) is 0. The zero-order valence-corrected chi connectivity index (χ0v) is 9.13. The first-order chi connectivity index (χ1) is 6.79. The quantitative estimate of drug-likeness (QED) is 0.581. The van der Waals surface area contributed by atoms with E-state index in [1.807, 2.05) is 0 Å². The van der Waals surface area contributed by atoms with Crippen molar-refractivity contribution in [3.63, 3.8) is 0 Å². The zero-order valence-electron chi connectivity index (χ0n) is 9.13. The number of rotatable bonds is 7. The molecule has 0 aliphatic carbocycles. The van der Waals surface area contributed by atoms with Crippen LogP contribution in [0, 0.1) is 0 Å². The van der Waals surface area contributed by atoms with Crippen LogP contribution >= 0.6 is 0 Å². The number of ether oxygens (including phenoxy) is 1. The van der Waals surface area contributed by atoms with E-state index in [1.54, 1.807) is 6.92 Å². The van der Waals surface area contributed by atoms with Crippen LogP contribution in [0.2, 0.25) is 0 Å². The summed E-state index contributed by atoms with van der Waals surface area (Å²) in [5.74, 6) is 0.213. The zero-order chi connectivity index (χ0) is 10.2. The van der Waals surface area contributed by atoms with Gasteiger partial charge in [-0.3, -0.25) is 4.79 Å². The van der Waals surface area contributed by atoms with Crippen LogP contribution in [0.15, 0.2) is 0 Å². The second-order valence-corrected chi connectivity index (χ2v) is 3.97. The molecule has 0 radical (unpaired) electrons. The van der Waals surface area contributed by atoms with Crippen LogP contribution in [0.5, 0.6) is 0 Å². The molecule has 3 heteroatoms. The number of nitrogens with zero attached hydrogens (tertiary/aromatic N) is 1. The van der Waals surface area contributed by atoms with Gasteiger partial charge in [-0.15, -0.1) is 0 Å². The molecule has 0 atom stereocenters. The minimum atomic E-state index is 0.213. The molecular formula is C11H21NO2. The molecule has 1 heterocycles. The lowest BCUT2D eigenvalue weighted by atomic mass is 10.3. The Kier molecular flexibility index (Phi) is 5.80. The van der Waals surface area contributed by atoms with Crippen molar-refractivity contribution in [2.45, 2.75) is 32.6 Å². The molecule has 3 nitrogen and oxygen atoms in total. The van der Waals surface area contributed by atoms with Gasteiger partial charge in [-0.2, -0.15) is 0 Å². The number of ketones is 1. The summed E-state index contributed by atoms with van der Waals surface area (Å²) in [5.41, 5.74) is 0. The standard InChI is InChI=1S/C11H21NO2/c1-11(13)5-10-14-9-4-8-12-6-2-3-7-12/h2-10H2,1H3. The lowest BCUT2D eigenvalue weighted by molar-refractivity contribution is -0.118. The summed E-state index contributed by atoms with van der Waals surface area (Å²) in [7, 11) is 0. The molecule has 0 N–H and O–H groups in total. The molecular weight excluding hydrogens is 178 g/mol. The fourth-order valence-corrected chi connectivity index (χ4v) is 1.71. The summed E-state index contributed by atoms with van der Waals surface area (Å²) in [4.78, 5) is 13.1. The van der Waals surface area contributed by atoms with Gasteiger partial charge in [-0.25, -0.2) is 0 Å². The van der Waals surface area contributed by atoms with Crippen LogP contribution in [0.4, 0.5) is 0 Å². The molecule has 0 unspecified atom stereocenters. The summed E-state index contributed by atoms with van der Waals surface area (Å²) in [6, 6.07) is 0. The van der Waals surface area contributed by atoms with Gasteiger partial charge in [0.25, 0.3) is 0 Å². The van der Waals surface area contributed by atoms with E-state index in [4.69, 9.17) is 4.74 Å². The highest BCUT2D eigenvalue weighted by molar-refractivity contribution is 5.75. The third-order valence-corrected chi connectivity index (χ3v) is 2.56. The van der Waals surface area contributed by atoms with Gasteiger partial charge in [0.1, 0.15) is 5.78 Å². The number of hydrogen-bond acceptors (Lipinski definition) is 3. The van der Waals surface area contributed by atoms with E-state index in [9.17, 15) is 4.79 Å². The topological polar surface area (TPSA) is 29.5 Å². The molecule has 1 fully saturated rings. The molecule has 1 aliphatic heterocycles. The molecule has 82 valence electrons. The molecule has 0 aromatic carbocycles. The van der Waals surface area contributed by atoms with Crippen molar-refractivity contribution in [2.24, 2.45) is 0 Å². The van der Waals surface area contributed by atoms with E-state index in [0.717, 1.165) is 19.6 Å².